The number of benzene rings is 2. The molecular formula is C22H22FN3O2. The molecular weight excluding hydrogens is 357 g/mol. The Balaban J connectivity index is 1.77. The minimum Gasteiger partial charge on any atom is -0.494 e. The Morgan fingerprint density at radius 3 is 2.57 bits per heavy atom. The Bertz CT molecular complexity index is 1010. The molecule has 2 aromatic carbocycles. The van der Waals surface area contributed by atoms with Crippen molar-refractivity contribution in [1.29, 1.82) is 0 Å². The second kappa shape index (κ2) is 8.52. The van der Waals surface area contributed by atoms with Crippen LogP contribution in [0.25, 0.3) is 5.69 Å². The van der Waals surface area contributed by atoms with Crippen molar-refractivity contribution < 1.29 is 13.9 Å². The van der Waals surface area contributed by atoms with Gasteiger partial charge in [0.15, 0.2) is 0 Å². The minimum absolute atomic E-state index is 0.0421. The largest absolute Gasteiger partial charge is 0.494 e. The fourth-order valence-corrected chi connectivity index (χ4v) is 3.04. The van der Waals surface area contributed by atoms with E-state index in [1.54, 1.807) is 12.3 Å². The monoisotopic (exact) mass is 379 g/mol. The lowest BCUT2D eigenvalue weighted by Gasteiger charge is -2.10. The summed E-state index contributed by atoms with van der Waals surface area (Å²) in [6.07, 6.45) is 1.56. The molecule has 0 aliphatic carbocycles. The maximum Gasteiger partial charge on any atom is 0.274 e. The van der Waals surface area contributed by atoms with E-state index < -0.39 is 11.7 Å². The molecule has 6 heteroatoms. The van der Waals surface area contributed by atoms with Crippen LogP contribution in [-0.2, 0) is 0 Å². The summed E-state index contributed by atoms with van der Waals surface area (Å²) in [7, 11) is 0. The van der Waals surface area contributed by atoms with E-state index in [1.165, 1.54) is 18.2 Å². The van der Waals surface area contributed by atoms with E-state index in [9.17, 15) is 9.18 Å². The van der Waals surface area contributed by atoms with Gasteiger partial charge in [-0.1, -0.05) is 12.1 Å². The van der Waals surface area contributed by atoms with Gasteiger partial charge in [0.25, 0.3) is 5.91 Å². The van der Waals surface area contributed by atoms with Crippen molar-refractivity contribution in [2.75, 3.05) is 6.61 Å². The third-order valence-corrected chi connectivity index (χ3v) is 4.36. The highest BCUT2D eigenvalue weighted by molar-refractivity contribution is 5.95. The molecule has 144 valence electrons. The molecule has 0 aliphatic heterocycles. The number of hydrazone groups is 1. The molecule has 28 heavy (non-hydrogen) atoms. The average Bonchev–Trinajstić information content (AvgIpc) is 2.96. The van der Waals surface area contributed by atoms with Gasteiger partial charge >= 0.3 is 0 Å². The standard InChI is InChI=1S/C22H22FN3O2/c1-4-28-19-11-9-18(10-12-19)26-15(2)13-17(16(26)3)14-24-25-22(27)20-7-5-6-8-21(20)23/h5-14H,4H2,1-3H3,(H,25,27)/b24-14-. The van der Waals surface area contributed by atoms with E-state index in [1.807, 2.05) is 51.1 Å². The van der Waals surface area contributed by atoms with Crippen molar-refractivity contribution >= 4 is 12.1 Å². The molecule has 0 unspecified atom stereocenters. The number of amides is 1. The van der Waals surface area contributed by atoms with Crippen molar-refractivity contribution in [2.45, 2.75) is 20.8 Å². The van der Waals surface area contributed by atoms with E-state index >= 15 is 0 Å². The van der Waals surface area contributed by atoms with Gasteiger partial charge < -0.3 is 9.30 Å². The molecule has 0 saturated heterocycles. The highest BCUT2D eigenvalue weighted by Crippen LogP contribution is 2.22. The molecule has 3 aromatic rings. The molecule has 3 rings (SSSR count). The summed E-state index contributed by atoms with van der Waals surface area (Å²) in [5.74, 6) is -0.343. The Labute approximate surface area is 163 Å². The smallest absolute Gasteiger partial charge is 0.274 e. The summed E-state index contributed by atoms with van der Waals surface area (Å²) in [6, 6.07) is 15.6. The molecule has 5 nitrogen and oxygen atoms in total. The Morgan fingerprint density at radius 2 is 1.89 bits per heavy atom. The number of aryl methyl sites for hydroxylation is 1. The fraction of sp³-hybridized carbons (Fsp3) is 0.182. The van der Waals surface area contributed by atoms with E-state index in [0.29, 0.717) is 6.61 Å². The number of nitrogens with zero attached hydrogens (tertiary/aromatic N) is 2. The number of hydrogen-bond acceptors (Lipinski definition) is 3. The number of halogens is 1. The third kappa shape index (κ3) is 4.11. The minimum atomic E-state index is -0.588. The molecule has 0 spiro atoms. The molecule has 0 saturated carbocycles. The second-order valence-electron chi connectivity index (χ2n) is 6.27. The molecule has 0 bridgehead atoms. The van der Waals surface area contributed by atoms with Crippen LogP contribution in [0.1, 0.15) is 34.2 Å². The van der Waals surface area contributed by atoms with Crippen LogP contribution < -0.4 is 10.2 Å². The zero-order valence-corrected chi connectivity index (χ0v) is 16.1. The van der Waals surface area contributed by atoms with Gasteiger partial charge in [-0.15, -0.1) is 0 Å². The lowest BCUT2D eigenvalue weighted by atomic mass is 10.2. The van der Waals surface area contributed by atoms with E-state index in [0.717, 1.165) is 28.4 Å². The van der Waals surface area contributed by atoms with Crippen LogP contribution in [0, 0.1) is 19.7 Å². The highest BCUT2D eigenvalue weighted by atomic mass is 19.1. The first kappa shape index (κ1) is 19.4. The molecule has 0 radical (unpaired) electrons. The topological polar surface area (TPSA) is 55.6 Å². The van der Waals surface area contributed by atoms with Crippen LogP contribution in [0.3, 0.4) is 0 Å². The number of carbonyl (C=O) groups excluding carboxylic acids is 1. The number of aromatic nitrogens is 1. The van der Waals surface area contributed by atoms with Crippen LogP contribution in [0.5, 0.6) is 5.75 Å². The Hall–Kier alpha value is -3.41. The zero-order valence-electron chi connectivity index (χ0n) is 16.1. The van der Waals surface area contributed by atoms with Crippen molar-refractivity contribution in [2.24, 2.45) is 5.10 Å². The third-order valence-electron chi connectivity index (χ3n) is 4.36. The van der Waals surface area contributed by atoms with Crippen LogP contribution in [0.15, 0.2) is 59.7 Å². The van der Waals surface area contributed by atoms with E-state index in [-0.39, 0.29) is 5.56 Å². The summed E-state index contributed by atoms with van der Waals surface area (Å²) in [4.78, 5) is 12.0. The lowest BCUT2D eigenvalue weighted by molar-refractivity contribution is 0.0951. The van der Waals surface area contributed by atoms with Gasteiger partial charge in [-0.25, -0.2) is 9.82 Å². The summed E-state index contributed by atoms with van der Waals surface area (Å²) >= 11 is 0. The Morgan fingerprint density at radius 1 is 1.18 bits per heavy atom. The van der Waals surface area contributed by atoms with Gasteiger partial charge in [-0.2, -0.15) is 5.10 Å². The van der Waals surface area contributed by atoms with E-state index in [4.69, 9.17) is 4.74 Å². The Kier molecular flexibility index (Phi) is 5.89. The molecule has 0 fully saturated rings. The first-order chi connectivity index (χ1) is 13.5. The van der Waals surface area contributed by atoms with Gasteiger partial charge in [-0.05, 0) is 63.2 Å². The number of rotatable bonds is 6. The van der Waals surface area contributed by atoms with Crippen LogP contribution >= 0.6 is 0 Å². The molecule has 1 amide bonds. The van der Waals surface area contributed by atoms with E-state index in [2.05, 4.69) is 15.1 Å². The highest BCUT2D eigenvalue weighted by Gasteiger charge is 2.11. The van der Waals surface area contributed by atoms with Gasteiger partial charge in [0, 0.05) is 22.6 Å². The fourth-order valence-electron chi connectivity index (χ4n) is 3.04. The van der Waals surface area contributed by atoms with Crippen molar-refractivity contribution in [3.63, 3.8) is 0 Å². The quantitative estimate of drug-likeness (QED) is 0.510. The molecule has 1 aromatic heterocycles. The predicted octanol–water partition coefficient (Wildman–Crippen LogP) is 4.40. The van der Waals surface area contributed by atoms with Crippen LogP contribution in [0.4, 0.5) is 4.39 Å². The maximum atomic E-state index is 13.7. The number of nitrogens with one attached hydrogen (secondary N) is 1. The summed E-state index contributed by atoms with van der Waals surface area (Å²) in [5.41, 5.74) is 6.21. The van der Waals surface area contributed by atoms with Crippen molar-refractivity contribution in [3.8, 4) is 11.4 Å². The second-order valence-corrected chi connectivity index (χ2v) is 6.27. The first-order valence-electron chi connectivity index (χ1n) is 9.01. The van der Waals surface area contributed by atoms with Gasteiger partial charge in [0.1, 0.15) is 11.6 Å². The predicted molar refractivity (Wildman–Crippen MR) is 108 cm³/mol. The first-order valence-corrected chi connectivity index (χ1v) is 9.01. The number of ether oxygens (including phenoxy) is 1. The van der Waals surface area contributed by atoms with Crippen molar-refractivity contribution in [3.05, 3.63) is 82.9 Å². The summed E-state index contributed by atoms with van der Waals surface area (Å²) < 4.78 is 21.2. The normalized spacial score (nSPS) is 11.0. The maximum absolute atomic E-state index is 13.7. The molecule has 1 heterocycles. The van der Waals surface area contributed by atoms with Crippen molar-refractivity contribution in [1.82, 2.24) is 9.99 Å². The molecule has 0 atom stereocenters. The number of carbonyl (C=O) groups is 1. The molecule has 0 aliphatic rings. The van der Waals surface area contributed by atoms with Crippen LogP contribution in [0.2, 0.25) is 0 Å². The molecule has 1 N–H and O–H groups in total. The van der Waals surface area contributed by atoms with Gasteiger partial charge in [0.05, 0.1) is 18.4 Å². The SMILES string of the molecule is CCOc1ccc(-n2c(C)cc(/C=N\NC(=O)c3ccccc3F)c2C)cc1. The zero-order chi connectivity index (χ0) is 20.1. The lowest BCUT2D eigenvalue weighted by Crippen LogP contribution is -2.18. The summed E-state index contributed by atoms with van der Waals surface area (Å²) in [5, 5.41) is 3.98. The number of hydrogen-bond donors (Lipinski definition) is 1. The van der Waals surface area contributed by atoms with Gasteiger partial charge in [-0.3, -0.25) is 4.79 Å². The van der Waals surface area contributed by atoms with Crippen LogP contribution in [-0.4, -0.2) is 23.3 Å². The summed E-state index contributed by atoms with van der Waals surface area (Å²) in [6.45, 7) is 6.55. The van der Waals surface area contributed by atoms with Gasteiger partial charge in [0.2, 0.25) is 0 Å². The average molecular weight is 379 g/mol.